The van der Waals surface area contributed by atoms with E-state index in [-0.39, 0.29) is 11.0 Å². The molecule has 0 N–H and O–H groups in total. The zero-order chi connectivity index (χ0) is 11.8. The summed E-state index contributed by atoms with van der Waals surface area (Å²) >= 11 is 7.26. The lowest BCUT2D eigenvalue weighted by atomic mass is 10.1. The van der Waals surface area contributed by atoms with Gasteiger partial charge in [0.05, 0.1) is 6.20 Å². The van der Waals surface area contributed by atoms with Crippen molar-refractivity contribution in [3.63, 3.8) is 0 Å². The minimum atomic E-state index is -0.463. The predicted molar refractivity (Wildman–Crippen MR) is 67.8 cm³/mol. The summed E-state index contributed by atoms with van der Waals surface area (Å²) in [5.74, 6) is -0.463. The van der Waals surface area contributed by atoms with Crippen LogP contribution in [0.15, 0.2) is 35.8 Å². The molecule has 0 aliphatic rings. The largest absolute Gasteiger partial charge is 0.223 e. The fourth-order valence-electron chi connectivity index (χ4n) is 1.71. The van der Waals surface area contributed by atoms with Crippen molar-refractivity contribution in [2.24, 2.45) is 0 Å². The minimum absolute atomic E-state index is 0.0509. The van der Waals surface area contributed by atoms with Gasteiger partial charge in [0, 0.05) is 10.3 Å². The van der Waals surface area contributed by atoms with Crippen molar-refractivity contribution in [1.82, 2.24) is 9.97 Å². The summed E-state index contributed by atoms with van der Waals surface area (Å²) in [6.07, 6.45) is 1.09. The van der Waals surface area contributed by atoms with Crippen LogP contribution in [0.3, 0.4) is 0 Å². The summed E-state index contributed by atoms with van der Waals surface area (Å²) in [5.41, 5.74) is 0.998. The number of thiophene rings is 1. The van der Waals surface area contributed by atoms with Crippen LogP contribution in [0.4, 0.5) is 4.39 Å². The normalized spacial score (nSPS) is 10.9. The Bertz CT molecular complexity index is 696. The molecule has 0 saturated carbocycles. The number of nitrogens with zero attached hydrogens (tertiary/aromatic N) is 2. The Morgan fingerprint density at radius 3 is 3.00 bits per heavy atom. The van der Waals surface area contributed by atoms with Crippen LogP contribution in [0.25, 0.3) is 21.3 Å². The zero-order valence-electron chi connectivity index (χ0n) is 8.52. The van der Waals surface area contributed by atoms with E-state index in [1.165, 1.54) is 0 Å². The van der Waals surface area contributed by atoms with E-state index in [4.69, 9.17) is 11.6 Å². The molecule has 2 heterocycles. The first kappa shape index (κ1) is 10.6. The topological polar surface area (TPSA) is 25.8 Å². The van der Waals surface area contributed by atoms with Gasteiger partial charge in [-0.3, -0.25) is 0 Å². The third-order valence-corrected chi connectivity index (χ3v) is 3.59. The summed E-state index contributed by atoms with van der Waals surface area (Å²) in [5, 5.41) is 3.09. The van der Waals surface area contributed by atoms with E-state index in [1.807, 2.05) is 29.6 Å². The van der Waals surface area contributed by atoms with Crippen LogP contribution in [0, 0.1) is 5.82 Å². The highest BCUT2D eigenvalue weighted by Gasteiger charge is 2.12. The van der Waals surface area contributed by atoms with Gasteiger partial charge in [-0.25, -0.2) is 14.4 Å². The Kier molecular flexibility index (Phi) is 2.53. The van der Waals surface area contributed by atoms with Gasteiger partial charge in [0.25, 0.3) is 0 Å². The molecule has 0 radical (unpaired) electrons. The molecule has 1 aromatic carbocycles. The van der Waals surface area contributed by atoms with E-state index in [9.17, 15) is 4.39 Å². The van der Waals surface area contributed by atoms with Crippen molar-refractivity contribution in [3.05, 3.63) is 46.9 Å². The number of benzene rings is 1. The van der Waals surface area contributed by atoms with E-state index in [0.717, 1.165) is 21.8 Å². The van der Waals surface area contributed by atoms with Gasteiger partial charge < -0.3 is 0 Å². The van der Waals surface area contributed by atoms with Crippen LogP contribution in [0.1, 0.15) is 0 Å². The second kappa shape index (κ2) is 4.05. The quantitative estimate of drug-likeness (QED) is 0.617. The Morgan fingerprint density at radius 2 is 2.12 bits per heavy atom. The van der Waals surface area contributed by atoms with Gasteiger partial charge in [-0.05, 0) is 28.4 Å². The molecule has 0 saturated heterocycles. The van der Waals surface area contributed by atoms with E-state index in [2.05, 4.69) is 9.97 Å². The highest BCUT2D eigenvalue weighted by Crippen LogP contribution is 2.32. The van der Waals surface area contributed by atoms with E-state index < -0.39 is 5.82 Å². The van der Waals surface area contributed by atoms with Crippen LogP contribution in [-0.2, 0) is 0 Å². The summed E-state index contributed by atoms with van der Waals surface area (Å²) in [6, 6.07) is 7.68. The van der Waals surface area contributed by atoms with Gasteiger partial charge in [0.2, 0.25) is 5.28 Å². The van der Waals surface area contributed by atoms with Crippen LogP contribution in [0.2, 0.25) is 5.28 Å². The van der Waals surface area contributed by atoms with Gasteiger partial charge in [0.15, 0.2) is 5.82 Å². The molecule has 0 fully saturated rings. The van der Waals surface area contributed by atoms with E-state index >= 15 is 0 Å². The Balaban J connectivity index is 2.34. The first-order valence-corrected chi connectivity index (χ1v) is 6.16. The second-order valence-corrected chi connectivity index (χ2v) is 4.73. The Hall–Kier alpha value is -1.52. The average molecular weight is 265 g/mol. The van der Waals surface area contributed by atoms with Crippen LogP contribution >= 0.6 is 22.9 Å². The summed E-state index contributed by atoms with van der Waals surface area (Å²) < 4.78 is 14.7. The van der Waals surface area contributed by atoms with Crippen molar-refractivity contribution in [2.75, 3.05) is 0 Å². The van der Waals surface area contributed by atoms with Crippen molar-refractivity contribution in [2.45, 2.75) is 0 Å². The lowest BCUT2D eigenvalue weighted by Crippen LogP contribution is -1.92. The first-order chi connectivity index (χ1) is 8.25. The third kappa shape index (κ3) is 1.79. The molecule has 0 amide bonds. The molecule has 5 heteroatoms. The number of hydrogen-bond donors (Lipinski definition) is 0. The molecule has 0 bridgehead atoms. The first-order valence-electron chi connectivity index (χ1n) is 4.90. The number of rotatable bonds is 1. The molecule has 84 valence electrons. The summed E-state index contributed by atoms with van der Waals surface area (Å²) in [6.45, 7) is 0. The number of fused-ring (bicyclic) bond motifs is 1. The SMILES string of the molecule is Fc1cnc(Cl)nc1-c1cccc2ccsc12. The lowest BCUT2D eigenvalue weighted by Gasteiger charge is -2.03. The summed E-state index contributed by atoms with van der Waals surface area (Å²) in [7, 11) is 0. The standard InChI is InChI=1S/C12H6ClFN2S/c13-12-15-6-9(14)10(16-12)8-3-1-2-7-4-5-17-11(7)8/h1-6H. The summed E-state index contributed by atoms with van der Waals surface area (Å²) in [4.78, 5) is 7.57. The van der Waals surface area contributed by atoms with Crippen molar-refractivity contribution >= 4 is 33.0 Å². The molecule has 3 rings (SSSR count). The number of hydrogen-bond acceptors (Lipinski definition) is 3. The second-order valence-electron chi connectivity index (χ2n) is 3.48. The molecule has 0 spiro atoms. The van der Waals surface area contributed by atoms with Crippen molar-refractivity contribution in [1.29, 1.82) is 0 Å². The predicted octanol–water partition coefficient (Wildman–Crippen LogP) is 4.15. The fourth-order valence-corrected chi connectivity index (χ4v) is 2.76. The fraction of sp³-hybridized carbons (Fsp3) is 0. The number of aromatic nitrogens is 2. The monoisotopic (exact) mass is 264 g/mol. The molecule has 3 aromatic rings. The Morgan fingerprint density at radius 1 is 1.24 bits per heavy atom. The molecule has 0 atom stereocenters. The van der Waals surface area contributed by atoms with Crippen LogP contribution in [0.5, 0.6) is 0 Å². The van der Waals surface area contributed by atoms with Crippen LogP contribution in [-0.4, -0.2) is 9.97 Å². The van der Waals surface area contributed by atoms with Crippen molar-refractivity contribution < 1.29 is 4.39 Å². The maximum atomic E-state index is 13.7. The highest BCUT2D eigenvalue weighted by atomic mass is 35.5. The smallest absolute Gasteiger partial charge is 0.223 e. The molecule has 0 aliphatic carbocycles. The van der Waals surface area contributed by atoms with Gasteiger partial charge in [0.1, 0.15) is 5.69 Å². The maximum Gasteiger partial charge on any atom is 0.223 e. The van der Waals surface area contributed by atoms with E-state index in [0.29, 0.717) is 0 Å². The zero-order valence-corrected chi connectivity index (χ0v) is 10.1. The molecule has 0 aliphatic heterocycles. The minimum Gasteiger partial charge on any atom is -0.223 e. The third-order valence-electron chi connectivity index (χ3n) is 2.45. The number of halogens is 2. The van der Waals surface area contributed by atoms with Gasteiger partial charge in [-0.2, -0.15) is 0 Å². The highest BCUT2D eigenvalue weighted by molar-refractivity contribution is 7.17. The van der Waals surface area contributed by atoms with Gasteiger partial charge >= 0.3 is 0 Å². The molecule has 0 unspecified atom stereocenters. The molecular weight excluding hydrogens is 259 g/mol. The molecule has 17 heavy (non-hydrogen) atoms. The van der Waals surface area contributed by atoms with Crippen LogP contribution < -0.4 is 0 Å². The molecule has 2 nitrogen and oxygen atoms in total. The van der Waals surface area contributed by atoms with E-state index in [1.54, 1.807) is 11.3 Å². The maximum absolute atomic E-state index is 13.7. The van der Waals surface area contributed by atoms with Gasteiger partial charge in [-0.1, -0.05) is 18.2 Å². The Labute approximate surface area is 106 Å². The lowest BCUT2D eigenvalue weighted by molar-refractivity contribution is 0.618. The van der Waals surface area contributed by atoms with Gasteiger partial charge in [-0.15, -0.1) is 11.3 Å². The molecule has 2 aromatic heterocycles. The van der Waals surface area contributed by atoms with Crippen molar-refractivity contribution in [3.8, 4) is 11.3 Å². The average Bonchev–Trinajstić information content (AvgIpc) is 2.80. The molecular formula is C12H6ClFN2S.